The number of nitrogens with zero attached hydrogens (tertiary/aromatic N) is 5. The largest absolute Gasteiger partial charge is 0.457 e. The highest BCUT2D eigenvalue weighted by Crippen LogP contribution is 2.62. The van der Waals surface area contributed by atoms with E-state index < -0.39 is 5.41 Å². The normalized spacial score (nSPS) is 14.0. The number of hydrogen-bond donors (Lipinski definition) is 0. The van der Waals surface area contributed by atoms with Gasteiger partial charge in [-0.1, -0.05) is 72.4 Å². The first-order valence-electron chi connectivity index (χ1n) is 18.2. The van der Waals surface area contributed by atoms with Crippen LogP contribution in [-0.2, 0) is 5.41 Å². The van der Waals surface area contributed by atoms with E-state index in [1.165, 1.54) is 9.79 Å². The standard InChI is InChI=1S/C48H27N5OS/c1-49-29-18-21-39-33(26-29)32-10-2-3-13-38(32)52(39)30-19-22-42-36(27-30)48(34-11-8-24-50-46(34)47-35(48)12-9-25-51-47)37-28-31(20-23-43(37)54-42)53-40-14-4-6-16-44(40)55-45-17-7-5-15-41(45)53/h2-28H. The summed E-state index contributed by atoms with van der Waals surface area (Å²) in [6.07, 6.45) is 3.72. The van der Waals surface area contributed by atoms with Crippen molar-refractivity contribution in [3.63, 3.8) is 0 Å². The Morgan fingerprint density at radius 3 is 1.84 bits per heavy atom. The minimum atomic E-state index is -0.790. The van der Waals surface area contributed by atoms with Crippen LogP contribution in [0.25, 0.3) is 43.7 Å². The fourth-order valence-electron chi connectivity index (χ4n) is 9.15. The van der Waals surface area contributed by atoms with Crippen molar-refractivity contribution in [1.82, 2.24) is 14.5 Å². The third-order valence-corrected chi connectivity index (χ3v) is 12.5. The Bertz CT molecular complexity index is 3070. The third-order valence-electron chi connectivity index (χ3n) is 11.3. The summed E-state index contributed by atoms with van der Waals surface area (Å²) < 4.78 is 9.25. The molecule has 3 aliphatic rings. The van der Waals surface area contributed by atoms with Gasteiger partial charge in [-0.3, -0.25) is 9.97 Å². The molecule has 0 atom stereocenters. The second-order valence-corrected chi connectivity index (χ2v) is 15.1. The molecule has 12 rings (SSSR count). The molecule has 0 amide bonds. The van der Waals surface area contributed by atoms with Crippen molar-refractivity contribution in [3.8, 4) is 28.6 Å². The van der Waals surface area contributed by atoms with Crippen molar-refractivity contribution >= 4 is 56.3 Å². The molecule has 256 valence electrons. The number of aromatic nitrogens is 3. The van der Waals surface area contributed by atoms with Gasteiger partial charge in [0.1, 0.15) is 11.5 Å². The van der Waals surface area contributed by atoms with E-state index in [0.717, 1.165) is 89.7 Å². The maximum atomic E-state index is 7.72. The first-order valence-corrected chi connectivity index (χ1v) is 19.0. The van der Waals surface area contributed by atoms with E-state index in [1.54, 1.807) is 11.8 Å². The Balaban J connectivity index is 1.16. The SMILES string of the molecule is [C-]#[N+]c1ccc2c(c1)c1ccccc1n2-c1ccc2c(c1)C1(c3cc(N4c5ccccc5Sc5ccccc54)ccc3O2)c2cccnc2-c2ncccc21. The van der Waals surface area contributed by atoms with Gasteiger partial charge in [0, 0.05) is 50.1 Å². The van der Waals surface area contributed by atoms with Gasteiger partial charge in [-0.05, 0) is 108 Å². The topological polar surface area (TPSA) is 47.5 Å². The fraction of sp³-hybridized carbons (Fsp3) is 0.0208. The Morgan fingerprint density at radius 2 is 1.15 bits per heavy atom. The second kappa shape index (κ2) is 11.2. The number of para-hydroxylation sites is 3. The average Bonchev–Trinajstić information content (AvgIpc) is 3.73. The first kappa shape index (κ1) is 30.3. The van der Waals surface area contributed by atoms with E-state index in [4.69, 9.17) is 21.3 Å². The molecule has 0 fully saturated rings. The summed E-state index contributed by atoms with van der Waals surface area (Å²) in [6.45, 7) is 7.72. The highest BCUT2D eigenvalue weighted by Gasteiger charge is 2.53. The Kier molecular flexibility index (Phi) is 6.17. The molecule has 7 heteroatoms. The van der Waals surface area contributed by atoms with E-state index in [0.29, 0.717) is 5.69 Å². The molecule has 6 nitrogen and oxygen atoms in total. The van der Waals surface area contributed by atoms with Crippen molar-refractivity contribution < 1.29 is 4.74 Å². The van der Waals surface area contributed by atoms with Crippen LogP contribution in [0.15, 0.2) is 174 Å². The first-order chi connectivity index (χ1) is 27.2. The summed E-state index contributed by atoms with van der Waals surface area (Å²) >= 11 is 1.80. The molecule has 0 saturated heterocycles. The van der Waals surface area contributed by atoms with Gasteiger partial charge in [0.05, 0.1) is 45.8 Å². The second-order valence-electron chi connectivity index (χ2n) is 14.1. The highest BCUT2D eigenvalue weighted by atomic mass is 32.2. The molecular weight excluding hydrogens is 695 g/mol. The zero-order valence-electron chi connectivity index (χ0n) is 29.1. The summed E-state index contributed by atoms with van der Waals surface area (Å²) in [5.74, 6) is 1.59. The lowest BCUT2D eigenvalue weighted by atomic mass is 9.66. The van der Waals surface area contributed by atoms with Crippen LogP contribution in [0.5, 0.6) is 11.5 Å². The quantitative estimate of drug-likeness (QED) is 0.166. The number of rotatable bonds is 2. The van der Waals surface area contributed by atoms with Gasteiger partial charge in [-0.25, -0.2) is 4.85 Å². The Labute approximate surface area is 320 Å². The van der Waals surface area contributed by atoms with Gasteiger partial charge in [-0.2, -0.15) is 0 Å². The fourth-order valence-corrected chi connectivity index (χ4v) is 10.2. The van der Waals surface area contributed by atoms with Crippen molar-refractivity contribution in [3.05, 3.63) is 198 Å². The highest BCUT2D eigenvalue weighted by molar-refractivity contribution is 7.99. The molecule has 0 bridgehead atoms. The van der Waals surface area contributed by atoms with Crippen molar-refractivity contribution in [2.45, 2.75) is 15.2 Å². The van der Waals surface area contributed by atoms with Gasteiger partial charge in [-0.15, -0.1) is 0 Å². The van der Waals surface area contributed by atoms with Crippen molar-refractivity contribution in [1.29, 1.82) is 0 Å². The molecule has 9 aromatic rings. The molecule has 0 radical (unpaired) electrons. The van der Waals surface area contributed by atoms with Crippen LogP contribution < -0.4 is 9.64 Å². The third kappa shape index (κ3) is 4.04. The van der Waals surface area contributed by atoms with Gasteiger partial charge in [0.15, 0.2) is 5.69 Å². The number of fused-ring (bicyclic) bond motifs is 14. The summed E-state index contributed by atoms with van der Waals surface area (Å²) in [6, 6.07) is 53.3. The summed E-state index contributed by atoms with van der Waals surface area (Å²) in [5, 5.41) is 2.15. The molecule has 1 spiro atoms. The molecule has 1 aliphatic carbocycles. The van der Waals surface area contributed by atoms with Crippen LogP contribution in [0.4, 0.5) is 22.7 Å². The predicted octanol–water partition coefficient (Wildman–Crippen LogP) is 12.5. The zero-order valence-corrected chi connectivity index (χ0v) is 30.0. The van der Waals surface area contributed by atoms with Crippen LogP contribution >= 0.6 is 11.8 Å². The van der Waals surface area contributed by atoms with E-state index in [2.05, 4.69) is 142 Å². The lowest BCUT2D eigenvalue weighted by Gasteiger charge is -2.40. The number of ether oxygens (including phenoxy) is 1. The van der Waals surface area contributed by atoms with Crippen LogP contribution in [0, 0.1) is 6.57 Å². The molecular formula is C48H27N5OS. The number of anilines is 3. The number of hydrogen-bond acceptors (Lipinski definition) is 5. The lowest BCUT2D eigenvalue weighted by molar-refractivity contribution is 0.436. The summed E-state index contributed by atoms with van der Waals surface area (Å²) in [5.41, 5.74) is 12.2. The lowest BCUT2D eigenvalue weighted by Crippen LogP contribution is -2.32. The summed E-state index contributed by atoms with van der Waals surface area (Å²) in [4.78, 5) is 18.5. The van der Waals surface area contributed by atoms with Gasteiger partial charge in [0.25, 0.3) is 0 Å². The molecule has 0 unspecified atom stereocenters. The zero-order chi connectivity index (χ0) is 36.3. The van der Waals surface area contributed by atoms with E-state index in [1.807, 2.05) is 36.7 Å². The predicted molar refractivity (Wildman–Crippen MR) is 219 cm³/mol. The molecule has 5 heterocycles. The van der Waals surface area contributed by atoms with E-state index in [9.17, 15) is 0 Å². The van der Waals surface area contributed by atoms with Crippen LogP contribution in [0.3, 0.4) is 0 Å². The molecule has 3 aromatic heterocycles. The molecule has 0 N–H and O–H groups in total. The minimum Gasteiger partial charge on any atom is -0.457 e. The van der Waals surface area contributed by atoms with Crippen molar-refractivity contribution in [2.24, 2.45) is 0 Å². The number of pyridine rings is 2. The molecule has 55 heavy (non-hydrogen) atoms. The summed E-state index contributed by atoms with van der Waals surface area (Å²) in [7, 11) is 0. The molecule has 2 aliphatic heterocycles. The minimum absolute atomic E-state index is 0.623. The van der Waals surface area contributed by atoms with Crippen molar-refractivity contribution in [2.75, 3.05) is 4.90 Å². The molecule has 0 saturated carbocycles. The smallest absolute Gasteiger partial charge is 0.188 e. The van der Waals surface area contributed by atoms with E-state index in [-0.39, 0.29) is 0 Å². The Hall–Kier alpha value is -7.14. The van der Waals surface area contributed by atoms with Crippen LogP contribution in [0.1, 0.15) is 22.3 Å². The van der Waals surface area contributed by atoms with E-state index >= 15 is 0 Å². The average molecular weight is 722 g/mol. The maximum absolute atomic E-state index is 7.72. The van der Waals surface area contributed by atoms with Crippen LogP contribution in [0.2, 0.25) is 0 Å². The Morgan fingerprint density at radius 1 is 0.545 bits per heavy atom. The number of benzene rings is 6. The van der Waals surface area contributed by atoms with Gasteiger partial charge >= 0.3 is 0 Å². The molecule has 6 aromatic carbocycles. The van der Waals surface area contributed by atoms with Crippen LogP contribution in [-0.4, -0.2) is 14.5 Å². The van der Waals surface area contributed by atoms with Gasteiger partial charge < -0.3 is 14.2 Å². The van der Waals surface area contributed by atoms with Gasteiger partial charge in [0.2, 0.25) is 0 Å². The maximum Gasteiger partial charge on any atom is 0.188 e. The monoisotopic (exact) mass is 721 g/mol.